The number of fused-ring (bicyclic) bond motifs is 2. The van der Waals surface area contributed by atoms with Crippen LogP contribution in [-0.2, 0) is 12.1 Å². The van der Waals surface area contributed by atoms with Crippen molar-refractivity contribution in [3.63, 3.8) is 0 Å². The number of hydrogen-bond acceptors (Lipinski definition) is 3. The summed E-state index contributed by atoms with van der Waals surface area (Å²) in [4.78, 5) is 0. The van der Waals surface area contributed by atoms with Gasteiger partial charge in [-0.05, 0) is 43.9 Å². The Bertz CT molecular complexity index is 786. The third-order valence-corrected chi connectivity index (χ3v) is 6.15. The highest BCUT2D eigenvalue weighted by Crippen LogP contribution is 2.44. The molecule has 0 saturated carbocycles. The molecule has 0 spiro atoms. The minimum absolute atomic E-state index is 0.0360. The summed E-state index contributed by atoms with van der Waals surface area (Å²) in [7, 11) is 1.74. The highest BCUT2D eigenvalue weighted by Gasteiger charge is 2.48. The van der Waals surface area contributed by atoms with Crippen LogP contribution in [0.1, 0.15) is 30.9 Å². The van der Waals surface area contributed by atoms with E-state index >= 15 is 0 Å². The van der Waals surface area contributed by atoms with Crippen LogP contribution in [0.3, 0.4) is 0 Å². The maximum Gasteiger partial charge on any atom is 0.123 e. The number of ether oxygens (including phenoxy) is 1. The third kappa shape index (κ3) is 2.95. The molecule has 136 valence electrons. The first kappa shape index (κ1) is 17.3. The van der Waals surface area contributed by atoms with E-state index in [1.165, 1.54) is 23.1 Å². The Morgan fingerprint density at radius 3 is 2.69 bits per heavy atom. The third-order valence-electron chi connectivity index (χ3n) is 6.15. The van der Waals surface area contributed by atoms with Crippen LogP contribution in [-0.4, -0.2) is 19.7 Å². The van der Waals surface area contributed by atoms with Gasteiger partial charge in [0.05, 0.1) is 12.6 Å². The number of piperidine rings is 1. The molecule has 26 heavy (non-hydrogen) atoms. The summed E-state index contributed by atoms with van der Waals surface area (Å²) in [5.74, 6) is 1.52. The number of para-hydroxylation sites is 1. The van der Waals surface area contributed by atoms with Gasteiger partial charge in [0.25, 0.3) is 0 Å². The minimum Gasteiger partial charge on any atom is -0.496 e. The van der Waals surface area contributed by atoms with Crippen LogP contribution in [0, 0.1) is 5.92 Å². The average molecular weight is 348 g/mol. The fourth-order valence-corrected chi connectivity index (χ4v) is 4.75. The smallest absolute Gasteiger partial charge is 0.123 e. The molecule has 2 bridgehead atoms. The van der Waals surface area contributed by atoms with E-state index in [2.05, 4.69) is 66.1 Å². The number of methoxy groups -OCH3 is 1. The first-order valence-corrected chi connectivity index (χ1v) is 9.57. The predicted octanol–water partition coefficient (Wildman–Crippen LogP) is 4.01. The van der Waals surface area contributed by atoms with E-state index in [4.69, 9.17) is 4.74 Å². The van der Waals surface area contributed by atoms with E-state index in [9.17, 15) is 0 Å². The zero-order valence-corrected chi connectivity index (χ0v) is 15.7. The van der Waals surface area contributed by atoms with Crippen molar-refractivity contribution in [3.05, 3.63) is 77.4 Å². The molecule has 3 nitrogen and oxygen atoms in total. The van der Waals surface area contributed by atoms with Crippen LogP contribution in [0.4, 0.5) is 0 Å². The zero-order chi connectivity index (χ0) is 18.0. The van der Waals surface area contributed by atoms with Crippen molar-refractivity contribution in [3.8, 4) is 5.75 Å². The fraction of sp³-hybridized carbons (Fsp3) is 0.391. The molecule has 2 aromatic carbocycles. The Balaban J connectivity index is 1.66. The molecule has 0 unspecified atom stereocenters. The van der Waals surface area contributed by atoms with Gasteiger partial charge in [0.2, 0.25) is 0 Å². The van der Waals surface area contributed by atoms with Gasteiger partial charge < -0.3 is 15.4 Å². The second-order valence-electron chi connectivity index (χ2n) is 7.48. The summed E-state index contributed by atoms with van der Waals surface area (Å²) in [5.41, 5.74) is 4.08. The Morgan fingerprint density at radius 1 is 1.12 bits per heavy atom. The molecule has 1 fully saturated rings. The predicted molar refractivity (Wildman–Crippen MR) is 106 cm³/mol. The van der Waals surface area contributed by atoms with Crippen LogP contribution in [0.5, 0.6) is 5.75 Å². The van der Waals surface area contributed by atoms with E-state index in [1.807, 2.05) is 12.1 Å². The van der Waals surface area contributed by atoms with Crippen LogP contribution in [0.15, 0.2) is 66.2 Å². The van der Waals surface area contributed by atoms with Gasteiger partial charge in [0, 0.05) is 18.2 Å². The van der Waals surface area contributed by atoms with Crippen molar-refractivity contribution in [1.82, 2.24) is 10.6 Å². The molecule has 3 heteroatoms. The lowest BCUT2D eigenvalue weighted by Gasteiger charge is -2.52. The summed E-state index contributed by atoms with van der Waals surface area (Å²) >= 11 is 0. The lowest BCUT2D eigenvalue weighted by Crippen LogP contribution is -2.65. The molecule has 4 rings (SSSR count). The van der Waals surface area contributed by atoms with Gasteiger partial charge in [0.1, 0.15) is 5.75 Å². The monoisotopic (exact) mass is 348 g/mol. The number of rotatable bonds is 5. The van der Waals surface area contributed by atoms with Gasteiger partial charge in [-0.1, -0.05) is 60.2 Å². The molecule has 0 amide bonds. The van der Waals surface area contributed by atoms with Gasteiger partial charge in [-0.15, -0.1) is 0 Å². The quantitative estimate of drug-likeness (QED) is 0.801. The first-order chi connectivity index (χ1) is 12.7. The van der Waals surface area contributed by atoms with Crippen molar-refractivity contribution in [1.29, 1.82) is 0 Å². The molecule has 3 atom stereocenters. The topological polar surface area (TPSA) is 33.3 Å². The summed E-state index contributed by atoms with van der Waals surface area (Å²) in [6.07, 6.45) is 4.65. The van der Waals surface area contributed by atoms with E-state index in [0.717, 1.165) is 25.3 Å². The van der Waals surface area contributed by atoms with Gasteiger partial charge in [0.15, 0.2) is 0 Å². The minimum atomic E-state index is -0.0360. The van der Waals surface area contributed by atoms with E-state index < -0.39 is 0 Å². The maximum absolute atomic E-state index is 5.54. The molecule has 1 heterocycles. The summed E-state index contributed by atoms with van der Waals surface area (Å²) < 4.78 is 5.54. The van der Waals surface area contributed by atoms with E-state index in [0.29, 0.717) is 12.0 Å². The number of benzene rings is 2. The van der Waals surface area contributed by atoms with Crippen molar-refractivity contribution in [2.45, 2.75) is 37.9 Å². The lowest BCUT2D eigenvalue weighted by atomic mass is 9.65. The van der Waals surface area contributed by atoms with Crippen LogP contribution >= 0.6 is 0 Å². The van der Waals surface area contributed by atoms with Crippen molar-refractivity contribution in [2.24, 2.45) is 5.92 Å². The Hall–Kier alpha value is -2.10. The standard InChI is InChI=1S/C23H28N2O/c1-17-12-14-23(19-9-4-3-5-10-19)22(20(17)13-15-25-23)24-16-18-8-6-7-11-21(18)26-2/h3-12,20,22,24-25H,13-16H2,1-2H3/t20-,22-,23+/m0/s1. The SMILES string of the molecule is COc1ccccc1CN[C@H]1[C@H]2CCN[C@@]1(c1ccccc1)CC=C2C. The summed E-state index contributed by atoms with van der Waals surface area (Å²) in [5, 5.41) is 7.78. The van der Waals surface area contributed by atoms with Crippen molar-refractivity contribution in [2.75, 3.05) is 13.7 Å². The molecular weight excluding hydrogens is 320 g/mol. The van der Waals surface area contributed by atoms with Gasteiger partial charge in [-0.3, -0.25) is 0 Å². The number of hydrogen-bond donors (Lipinski definition) is 2. The molecule has 1 saturated heterocycles. The normalized spacial score (nSPS) is 27.7. The maximum atomic E-state index is 5.54. The Morgan fingerprint density at radius 2 is 1.88 bits per heavy atom. The molecule has 1 aliphatic heterocycles. The van der Waals surface area contributed by atoms with E-state index in [-0.39, 0.29) is 5.54 Å². The lowest BCUT2D eigenvalue weighted by molar-refractivity contribution is 0.128. The molecular formula is C23H28N2O. The second-order valence-corrected chi connectivity index (χ2v) is 7.48. The molecule has 2 aliphatic rings. The molecule has 2 N–H and O–H groups in total. The molecule has 1 aliphatic carbocycles. The largest absolute Gasteiger partial charge is 0.496 e. The van der Waals surface area contributed by atoms with E-state index in [1.54, 1.807) is 7.11 Å². The molecule has 2 aromatic rings. The van der Waals surface area contributed by atoms with Crippen LogP contribution < -0.4 is 15.4 Å². The highest BCUT2D eigenvalue weighted by atomic mass is 16.5. The zero-order valence-electron chi connectivity index (χ0n) is 15.7. The Labute approximate surface area is 156 Å². The van der Waals surface area contributed by atoms with Gasteiger partial charge in [-0.2, -0.15) is 0 Å². The summed E-state index contributed by atoms with van der Waals surface area (Å²) in [6.45, 7) is 4.18. The summed E-state index contributed by atoms with van der Waals surface area (Å²) in [6, 6.07) is 19.6. The Kier molecular flexibility index (Phi) is 4.84. The fourth-order valence-electron chi connectivity index (χ4n) is 4.75. The average Bonchev–Trinajstić information content (AvgIpc) is 2.70. The first-order valence-electron chi connectivity index (χ1n) is 9.57. The van der Waals surface area contributed by atoms with Crippen molar-refractivity contribution >= 4 is 0 Å². The molecule has 0 radical (unpaired) electrons. The van der Waals surface area contributed by atoms with Crippen LogP contribution in [0.2, 0.25) is 0 Å². The van der Waals surface area contributed by atoms with Gasteiger partial charge >= 0.3 is 0 Å². The van der Waals surface area contributed by atoms with Gasteiger partial charge in [-0.25, -0.2) is 0 Å². The highest BCUT2D eigenvalue weighted by molar-refractivity contribution is 5.36. The second kappa shape index (κ2) is 7.26. The van der Waals surface area contributed by atoms with Crippen LogP contribution in [0.25, 0.3) is 0 Å². The molecule has 0 aromatic heterocycles. The van der Waals surface area contributed by atoms with Crippen molar-refractivity contribution < 1.29 is 4.74 Å². The number of nitrogens with one attached hydrogen (secondary N) is 2.